The molecule has 0 bridgehead atoms. The maximum Gasteiger partial charge on any atom is 0.319 e. The molecular weight excluding hydrogens is 358 g/mol. The van der Waals surface area contributed by atoms with Crippen molar-refractivity contribution in [2.45, 2.75) is 13.3 Å². The number of carbonyl (C=O) groups is 2. The molecule has 28 heavy (non-hydrogen) atoms. The van der Waals surface area contributed by atoms with Crippen molar-refractivity contribution in [2.75, 3.05) is 37.5 Å². The summed E-state index contributed by atoms with van der Waals surface area (Å²) < 4.78 is 10.4. The number of methoxy groups -OCH3 is 2. The summed E-state index contributed by atoms with van der Waals surface area (Å²) in [5, 5.41) is 5.61. The highest BCUT2D eigenvalue weighted by Gasteiger charge is 2.30. The Morgan fingerprint density at radius 2 is 1.75 bits per heavy atom. The Morgan fingerprint density at radius 1 is 1.11 bits per heavy atom. The summed E-state index contributed by atoms with van der Waals surface area (Å²) in [7, 11) is 3.10. The smallest absolute Gasteiger partial charge is 0.319 e. The number of amides is 3. The highest BCUT2D eigenvalue weighted by atomic mass is 16.5. The third-order valence-electron chi connectivity index (χ3n) is 4.71. The molecule has 7 heteroatoms. The minimum Gasteiger partial charge on any atom is -0.497 e. The van der Waals surface area contributed by atoms with Gasteiger partial charge in [0.1, 0.15) is 11.5 Å². The predicted molar refractivity (Wildman–Crippen MR) is 108 cm³/mol. The minimum atomic E-state index is -0.337. The summed E-state index contributed by atoms with van der Waals surface area (Å²) in [6, 6.07) is 12.7. The van der Waals surface area contributed by atoms with E-state index in [4.69, 9.17) is 9.47 Å². The van der Waals surface area contributed by atoms with E-state index in [1.165, 1.54) is 0 Å². The van der Waals surface area contributed by atoms with Crippen molar-refractivity contribution < 1.29 is 19.1 Å². The number of anilines is 2. The minimum absolute atomic E-state index is 0.0689. The number of hydrogen-bond acceptors (Lipinski definition) is 4. The summed E-state index contributed by atoms with van der Waals surface area (Å²) in [5.74, 6) is 1.32. The van der Waals surface area contributed by atoms with Gasteiger partial charge in [-0.15, -0.1) is 0 Å². The monoisotopic (exact) mass is 383 g/mol. The van der Waals surface area contributed by atoms with Crippen molar-refractivity contribution in [1.82, 2.24) is 5.32 Å². The largest absolute Gasteiger partial charge is 0.497 e. The lowest BCUT2D eigenvalue weighted by Gasteiger charge is -2.17. The van der Waals surface area contributed by atoms with Gasteiger partial charge in [0.05, 0.1) is 14.2 Å². The molecule has 0 unspecified atom stereocenters. The molecule has 0 spiro atoms. The number of urea groups is 1. The van der Waals surface area contributed by atoms with Crippen molar-refractivity contribution in [3.8, 4) is 11.5 Å². The zero-order chi connectivity index (χ0) is 20.1. The van der Waals surface area contributed by atoms with E-state index in [1.54, 1.807) is 37.3 Å². The van der Waals surface area contributed by atoms with Crippen LogP contribution in [-0.4, -0.2) is 39.2 Å². The van der Waals surface area contributed by atoms with E-state index in [-0.39, 0.29) is 17.9 Å². The summed E-state index contributed by atoms with van der Waals surface area (Å²) in [5.41, 5.74) is 2.61. The average Bonchev–Trinajstić information content (AvgIpc) is 3.07. The molecule has 0 saturated carbocycles. The number of rotatable bonds is 6. The Labute approximate surface area is 164 Å². The van der Waals surface area contributed by atoms with Crippen molar-refractivity contribution in [1.29, 1.82) is 0 Å². The van der Waals surface area contributed by atoms with Crippen LogP contribution in [0.1, 0.15) is 12.0 Å². The third kappa shape index (κ3) is 4.73. The highest BCUT2D eigenvalue weighted by Crippen LogP contribution is 2.26. The van der Waals surface area contributed by atoms with Gasteiger partial charge in [0.25, 0.3) is 0 Å². The van der Waals surface area contributed by atoms with Gasteiger partial charge in [0.15, 0.2) is 0 Å². The third-order valence-corrected chi connectivity index (χ3v) is 4.71. The second-order valence-electron chi connectivity index (χ2n) is 6.85. The van der Waals surface area contributed by atoms with Crippen LogP contribution in [0.2, 0.25) is 0 Å². The highest BCUT2D eigenvalue weighted by molar-refractivity contribution is 5.96. The lowest BCUT2D eigenvalue weighted by molar-refractivity contribution is -0.117. The standard InChI is InChI=1S/C21H25N3O4/c1-14-4-6-17(7-5-14)24-13-15(8-20(24)25)12-22-21(26)23-16-9-18(27-2)11-19(10-16)28-3/h4-7,9-11,15H,8,12-13H2,1-3H3,(H2,22,23,26)/t15-/m1/s1. The molecule has 2 aromatic rings. The van der Waals surface area contributed by atoms with Crippen LogP contribution in [0.3, 0.4) is 0 Å². The van der Waals surface area contributed by atoms with E-state index in [0.717, 1.165) is 11.3 Å². The fourth-order valence-corrected chi connectivity index (χ4v) is 3.18. The summed E-state index contributed by atoms with van der Waals surface area (Å²) in [4.78, 5) is 26.3. The van der Waals surface area contributed by atoms with Crippen molar-refractivity contribution >= 4 is 23.3 Å². The molecule has 1 saturated heterocycles. The molecule has 7 nitrogen and oxygen atoms in total. The normalized spacial score (nSPS) is 16.0. The Hall–Kier alpha value is -3.22. The first-order valence-electron chi connectivity index (χ1n) is 9.13. The van der Waals surface area contributed by atoms with Gasteiger partial charge in [-0.3, -0.25) is 4.79 Å². The van der Waals surface area contributed by atoms with Crippen LogP contribution in [0.5, 0.6) is 11.5 Å². The second kappa shape index (κ2) is 8.65. The topological polar surface area (TPSA) is 79.9 Å². The maximum atomic E-state index is 12.3. The van der Waals surface area contributed by atoms with Crippen molar-refractivity contribution in [3.63, 3.8) is 0 Å². The summed E-state index contributed by atoms with van der Waals surface area (Å²) in [6.07, 6.45) is 0.418. The second-order valence-corrected chi connectivity index (χ2v) is 6.85. The van der Waals surface area contributed by atoms with Gasteiger partial charge in [-0.05, 0) is 19.1 Å². The van der Waals surface area contributed by atoms with Gasteiger partial charge < -0.3 is 25.0 Å². The molecule has 3 rings (SSSR count). The quantitative estimate of drug-likeness (QED) is 0.803. The summed E-state index contributed by atoms with van der Waals surface area (Å²) >= 11 is 0. The van der Waals surface area contributed by atoms with Crippen molar-refractivity contribution in [3.05, 3.63) is 48.0 Å². The van der Waals surface area contributed by atoms with Gasteiger partial charge in [0.2, 0.25) is 5.91 Å². The van der Waals surface area contributed by atoms with E-state index in [0.29, 0.717) is 36.7 Å². The van der Waals surface area contributed by atoms with Crippen LogP contribution in [0, 0.1) is 12.8 Å². The van der Waals surface area contributed by atoms with Crippen LogP contribution >= 0.6 is 0 Å². The zero-order valence-electron chi connectivity index (χ0n) is 16.3. The average molecular weight is 383 g/mol. The number of ether oxygens (including phenoxy) is 2. The Bertz CT molecular complexity index is 829. The molecule has 2 aromatic carbocycles. The maximum absolute atomic E-state index is 12.3. The van der Waals surface area contributed by atoms with E-state index in [2.05, 4.69) is 10.6 Å². The number of hydrogen-bond donors (Lipinski definition) is 2. The molecule has 3 amide bonds. The fraction of sp³-hybridized carbons (Fsp3) is 0.333. The number of aryl methyl sites for hydroxylation is 1. The first-order chi connectivity index (χ1) is 13.5. The number of benzene rings is 2. The molecule has 1 atom stereocenters. The number of nitrogens with zero attached hydrogens (tertiary/aromatic N) is 1. The van der Waals surface area contributed by atoms with Gasteiger partial charge >= 0.3 is 6.03 Å². The summed E-state index contributed by atoms with van der Waals surface area (Å²) in [6.45, 7) is 3.02. The molecule has 1 heterocycles. The first-order valence-corrected chi connectivity index (χ1v) is 9.13. The van der Waals surface area contributed by atoms with Gasteiger partial charge in [-0.2, -0.15) is 0 Å². The van der Waals surface area contributed by atoms with Crippen LogP contribution in [-0.2, 0) is 4.79 Å². The Balaban J connectivity index is 1.54. The van der Waals surface area contributed by atoms with Crippen LogP contribution < -0.4 is 25.0 Å². The molecule has 1 fully saturated rings. The van der Waals surface area contributed by atoms with E-state index in [9.17, 15) is 9.59 Å². The molecule has 0 aromatic heterocycles. The Kier molecular flexibility index (Phi) is 6.03. The predicted octanol–water partition coefficient (Wildman–Crippen LogP) is 3.19. The molecule has 0 aliphatic carbocycles. The zero-order valence-corrected chi connectivity index (χ0v) is 16.3. The molecule has 2 N–H and O–H groups in total. The molecule has 0 radical (unpaired) electrons. The number of carbonyl (C=O) groups excluding carboxylic acids is 2. The van der Waals surface area contributed by atoms with E-state index >= 15 is 0 Å². The molecule has 1 aliphatic heterocycles. The molecule has 1 aliphatic rings. The van der Waals surface area contributed by atoms with E-state index in [1.807, 2.05) is 31.2 Å². The van der Waals surface area contributed by atoms with E-state index < -0.39 is 0 Å². The molecular formula is C21H25N3O4. The SMILES string of the molecule is COc1cc(NC(=O)NC[C@H]2CC(=O)N(c3ccc(C)cc3)C2)cc(OC)c1. The fourth-order valence-electron chi connectivity index (χ4n) is 3.18. The molecule has 148 valence electrons. The first kappa shape index (κ1) is 19.5. The van der Waals surface area contributed by atoms with Crippen molar-refractivity contribution in [2.24, 2.45) is 5.92 Å². The van der Waals surface area contributed by atoms with Gasteiger partial charge in [-0.1, -0.05) is 17.7 Å². The lowest BCUT2D eigenvalue weighted by Crippen LogP contribution is -2.34. The van der Waals surface area contributed by atoms with Crippen LogP contribution in [0.25, 0.3) is 0 Å². The number of nitrogens with one attached hydrogen (secondary N) is 2. The van der Waals surface area contributed by atoms with Gasteiger partial charge in [-0.25, -0.2) is 4.79 Å². The van der Waals surface area contributed by atoms with Crippen LogP contribution in [0.4, 0.5) is 16.2 Å². The lowest BCUT2D eigenvalue weighted by atomic mass is 10.1. The van der Waals surface area contributed by atoms with Gasteiger partial charge in [0, 0.05) is 55.0 Å². The Morgan fingerprint density at radius 3 is 2.36 bits per heavy atom. The van der Waals surface area contributed by atoms with Crippen LogP contribution in [0.15, 0.2) is 42.5 Å².